The molecule has 0 atom stereocenters. The first-order valence-corrected chi connectivity index (χ1v) is 12.8. The Labute approximate surface area is 218 Å². The normalized spacial score (nSPS) is 14.1. The summed E-state index contributed by atoms with van der Waals surface area (Å²) in [6.07, 6.45) is 1.41. The van der Waals surface area contributed by atoms with Crippen molar-refractivity contribution in [1.29, 1.82) is 0 Å². The molecule has 0 fully saturated rings. The quantitative estimate of drug-likeness (QED) is 0.266. The maximum absolute atomic E-state index is 12.5. The number of benzene rings is 3. The monoisotopic (exact) mass is 492 g/mol. The molecule has 5 rings (SSSR count). The van der Waals surface area contributed by atoms with Gasteiger partial charge in [-0.2, -0.15) is 0 Å². The van der Waals surface area contributed by atoms with E-state index in [0.29, 0.717) is 18.9 Å². The summed E-state index contributed by atoms with van der Waals surface area (Å²) in [5.74, 6) is 2.39. The summed E-state index contributed by atoms with van der Waals surface area (Å²) in [5, 5.41) is 0. The minimum atomic E-state index is 0.149. The molecule has 5 nitrogen and oxygen atoms in total. The highest BCUT2D eigenvalue weighted by molar-refractivity contribution is 6.01. The van der Waals surface area contributed by atoms with E-state index >= 15 is 0 Å². The molecule has 188 valence electrons. The highest BCUT2D eigenvalue weighted by atomic mass is 16.5. The SMILES string of the molecule is CC(=O)C1=C(c2cccc(OCCc3nc(-c4ccccc4)oc3C)c2)CN(Cc2ccccc2)CC1. The van der Waals surface area contributed by atoms with Gasteiger partial charge in [0.2, 0.25) is 5.89 Å². The fourth-order valence-corrected chi connectivity index (χ4v) is 4.85. The number of aromatic nitrogens is 1. The van der Waals surface area contributed by atoms with Gasteiger partial charge >= 0.3 is 0 Å². The topological polar surface area (TPSA) is 55.6 Å². The first-order valence-electron chi connectivity index (χ1n) is 12.8. The van der Waals surface area contributed by atoms with E-state index in [9.17, 15) is 4.79 Å². The molecule has 1 aliphatic heterocycles. The van der Waals surface area contributed by atoms with Gasteiger partial charge in [-0.25, -0.2) is 4.98 Å². The molecule has 0 spiro atoms. The molecule has 4 aromatic rings. The molecule has 0 N–H and O–H groups in total. The van der Waals surface area contributed by atoms with E-state index in [1.54, 1.807) is 6.92 Å². The number of nitrogens with zero attached hydrogens (tertiary/aromatic N) is 2. The molecule has 0 radical (unpaired) electrons. The van der Waals surface area contributed by atoms with Crippen molar-refractivity contribution in [2.24, 2.45) is 0 Å². The Morgan fingerprint density at radius 3 is 2.46 bits per heavy atom. The molecule has 0 saturated carbocycles. The number of oxazole rings is 1. The second-order valence-corrected chi connectivity index (χ2v) is 9.47. The third-order valence-electron chi connectivity index (χ3n) is 6.80. The van der Waals surface area contributed by atoms with Crippen LogP contribution in [0.15, 0.2) is 94.9 Å². The summed E-state index contributed by atoms with van der Waals surface area (Å²) in [7, 11) is 0. The van der Waals surface area contributed by atoms with Crippen molar-refractivity contribution in [3.05, 3.63) is 113 Å². The molecular weight excluding hydrogens is 460 g/mol. The van der Waals surface area contributed by atoms with Crippen LogP contribution < -0.4 is 4.74 Å². The van der Waals surface area contributed by atoms with E-state index in [2.05, 4.69) is 46.3 Å². The number of hydrogen-bond donors (Lipinski definition) is 0. The molecule has 0 aliphatic carbocycles. The predicted octanol–water partition coefficient (Wildman–Crippen LogP) is 6.52. The lowest BCUT2D eigenvalue weighted by molar-refractivity contribution is -0.113. The van der Waals surface area contributed by atoms with Crippen LogP contribution in [0.25, 0.3) is 17.0 Å². The predicted molar refractivity (Wildman–Crippen MR) is 146 cm³/mol. The Balaban J connectivity index is 1.27. The van der Waals surface area contributed by atoms with Crippen molar-refractivity contribution >= 4 is 11.4 Å². The zero-order chi connectivity index (χ0) is 25.6. The number of ether oxygens (including phenoxy) is 1. The van der Waals surface area contributed by atoms with Crippen molar-refractivity contribution < 1.29 is 13.9 Å². The number of carbonyl (C=O) groups excluding carboxylic acids is 1. The summed E-state index contributed by atoms with van der Waals surface area (Å²) in [4.78, 5) is 19.6. The molecule has 2 heterocycles. The molecule has 0 bridgehead atoms. The van der Waals surface area contributed by atoms with Crippen LogP contribution in [0.5, 0.6) is 5.75 Å². The Bertz CT molecular complexity index is 1390. The maximum Gasteiger partial charge on any atom is 0.226 e. The summed E-state index contributed by atoms with van der Waals surface area (Å²) in [6.45, 7) is 6.60. The first-order chi connectivity index (χ1) is 18.1. The fraction of sp³-hybridized carbons (Fsp3) is 0.250. The molecule has 37 heavy (non-hydrogen) atoms. The lowest BCUT2D eigenvalue weighted by atomic mass is 9.91. The highest BCUT2D eigenvalue weighted by Gasteiger charge is 2.23. The van der Waals surface area contributed by atoms with Crippen LogP contribution in [0.3, 0.4) is 0 Å². The second-order valence-electron chi connectivity index (χ2n) is 9.47. The lowest BCUT2D eigenvalue weighted by Gasteiger charge is -2.30. The Morgan fingerprint density at radius 2 is 1.70 bits per heavy atom. The molecule has 5 heteroatoms. The van der Waals surface area contributed by atoms with Crippen LogP contribution in [0, 0.1) is 6.92 Å². The Morgan fingerprint density at radius 1 is 0.973 bits per heavy atom. The largest absolute Gasteiger partial charge is 0.493 e. The maximum atomic E-state index is 12.5. The van der Waals surface area contributed by atoms with E-state index in [-0.39, 0.29) is 5.78 Å². The number of carbonyl (C=O) groups is 1. The van der Waals surface area contributed by atoms with Gasteiger partial charge in [-0.3, -0.25) is 9.69 Å². The fourth-order valence-electron chi connectivity index (χ4n) is 4.85. The van der Waals surface area contributed by atoms with Gasteiger partial charge in [-0.1, -0.05) is 60.7 Å². The van der Waals surface area contributed by atoms with Gasteiger partial charge in [0.05, 0.1) is 12.3 Å². The standard InChI is InChI=1S/C32H32N2O3/c1-23(35)29-16-18-34(21-25-10-5-3-6-11-25)22-30(29)27-14-9-15-28(20-27)36-19-17-31-24(2)37-32(33-31)26-12-7-4-8-13-26/h3-15,20H,16-19,21-22H2,1-2H3. The van der Waals surface area contributed by atoms with Gasteiger partial charge in [0, 0.05) is 37.2 Å². The van der Waals surface area contributed by atoms with E-state index in [0.717, 1.165) is 65.5 Å². The van der Waals surface area contributed by atoms with E-state index < -0.39 is 0 Å². The van der Waals surface area contributed by atoms with Crippen molar-refractivity contribution in [3.63, 3.8) is 0 Å². The average Bonchev–Trinajstić information content (AvgIpc) is 3.30. The third-order valence-corrected chi connectivity index (χ3v) is 6.80. The van der Waals surface area contributed by atoms with Gasteiger partial charge in [-0.15, -0.1) is 0 Å². The van der Waals surface area contributed by atoms with E-state index in [1.165, 1.54) is 5.56 Å². The highest BCUT2D eigenvalue weighted by Crippen LogP contribution is 2.30. The number of hydrogen-bond acceptors (Lipinski definition) is 5. The Kier molecular flexibility index (Phi) is 7.62. The van der Waals surface area contributed by atoms with Gasteiger partial charge in [-0.05, 0) is 61.2 Å². The number of aryl methyl sites for hydroxylation is 1. The summed E-state index contributed by atoms with van der Waals surface area (Å²) < 4.78 is 12.0. The van der Waals surface area contributed by atoms with Crippen LogP contribution in [-0.2, 0) is 17.8 Å². The molecule has 1 aliphatic rings. The zero-order valence-electron chi connectivity index (χ0n) is 21.4. The van der Waals surface area contributed by atoms with Crippen LogP contribution in [0.1, 0.15) is 35.9 Å². The number of rotatable bonds is 9. The minimum absolute atomic E-state index is 0.149. The van der Waals surface area contributed by atoms with Crippen molar-refractivity contribution in [2.45, 2.75) is 33.2 Å². The summed E-state index contributed by atoms with van der Waals surface area (Å²) >= 11 is 0. The molecule has 0 unspecified atom stereocenters. The second kappa shape index (κ2) is 11.4. The van der Waals surface area contributed by atoms with Crippen molar-refractivity contribution in [1.82, 2.24) is 9.88 Å². The summed E-state index contributed by atoms with van der Waals surface area (Å²) in [5.41, 5.74) is 6.22. The van der Waals surface area contributed by atoms with Crippen molar-refractivity contribution in [3.8, 4) is 17.2 Å². The molecular formula is C32H32N2O3. The molecule has 0 amide bonds. The van der Waals surface area contributed by atoms with Gasteiger partial charge in [0.1, 0.15) is 11.5 Å². The van der Waals surface area contributed by atoms with Crippen LogP contribution in [0.2, 0.25) is 0 Å². The lowest BCUT2D eigenvalue weighted by Crippen LogP contribution is -2.32. The van der Waals surface area contributed by atoms with Crippen LogP contribution in [0.4, 0.5) is 0 Å². The minimum Gasteiger partial charge on any atom is -0.493 e. The number of ketones is 1. The zero-order valence-corrected chi connectivity index (χ0v) is 21.4. The molecule has 3 aromatic carbocycles. The molecule has 1 aromatic heterocycles. The molecule has 0 saturated heterocycles. The Hall–Kier alpha value is -3.96. The first kappa shape index (κ1) is 24.7. The van der Waals surface area contributed by atoms with E-state index in [4.69, 9.17) is 9.15 Å². The number of Topliss-reactive ketones (excluding diaryl/α,β-unsaturated/α-hetero) is 1. The van der Waals surface area contributed by atoms with Crippen LogP contribution >= 0.6 is 0 Å². The summed E-state index contributed by atoms with van der Waals surface area (Å²) in [6, 6.07) is 28.5. The van der Waals surface area contributed by atoms with Crippen molar-refractivity contribution in [2.75, 3.05) is 19.7 Å². The average molecular weight is 493 g/mol. The smallest absolute Gasteiger partial charge is 0.226 e. The third kappa shape index (κ3) is 6.07. The van der Waals surface area contributed by atoms with Gasteiger partial charge in [0.15, 0.2) is 5.78 Å². The van der Waals surface area contributed by atoms with Gasteiger partial charge < -0.3 is 9.15 Å². The van der Waals surface area contributed by atoms with Crippen LogP contribution in [-0.4, -0.2) is 35.4 Å². The van der Waals surface area contributed by atoms with Gasteiger partial charge in [0.25, 0.3) is 0 Å². The van der Waals surface area contributed by atoms with E-state index in [1.807, 2.05) is 55.5 Å².